The van der Waals surface area contributed by atoms with E-state index < -0.39 is 5.91 Å². The van der Waals surface area contributed by atoms with E-state index in [-0.39, 0.29) is 5.57 Å². The first-order chi connectivity index (χ1) is 13.0. The smallest absolute Gasteiger partial charge is 0.266 e. The Kier molecular flexibility index (Phi) is 7.89. The molecule has 0 unspecified atom stereocenters. The fourth-order valence-corrected chi connectivity index (χ4v) is 3.10. The molecule has 0 fully saturated rings. The monoisotopic (exact) mass is 492 g/mol. The van der Waals surface area contributed by atoms with Crippen LogP contribution in [-0.2, 0) is 4.79 Å². The van der Waals surface area contributed by atoms with Gasteiger partial charge in [-0.15, -0.1) is 0 Å². The zero-order chi connectivity index (χ0) is 19.8. The highest BCUT2D eigenvalue weighted by Gasteiger charge is 2.14. The lowest BCUT2D eigenvalue weighted by atomic mass is 10.1. The van der Waals surface area contributed by atoms with Gasteiger partial charge in [0.2, 0.25) is 0 Å². The van der Waals surface area contributed by atoms with Crippen molar-refractivity contribution in [3.8, 4) is 17.6 Å². The molecule has 0 bridgehead atoms. The number of amides is 1. The number of carbonyl (C=O) groups excluding carboxylic acids is 1. The number of nitrogens with one attached hydrogen (secondary N) is 1. The van der Waals surface area contributed by atoms with E-state index in [1.54, 1.807) is 24.3 Å². The number of carbonyl (C=O) groups is 1. The second-order valence-corrected chi connectivity index (χ2v) is 7.10. The van der Waals surface area contributed by atoms with Gasteiger partial charge in [0.1, 0.15) is 11.6 Å². The standard InChI is InChI=1S/C20H18Br2N2O3/c1-3-26-18-11-13(10-17(22)19(18)27-4-2)9-14(12-23)20(25)24-16-7-5-15(21)6-8-16/h5-11H,3-4H2,1-2H3,(H,24,25)/b14-9-. The van der Waals surface area contributed by atoms with Crippen molar-refractivity contribution in [3.05, 3.63) is 56.5 Å². The number of nitriles is 1. The van der Waals surface area contributed by atoms with Gasteiger partial charge in [-0.25, -0.2) is 0 Å². The molecule has 2 rings (SSSR count). The third-order valence-corrected chi connectivity index (χ3v) is 4.52. The van der Waals surface area contributed by atoms with Gasteiger partial charge in [-0.3, -0.25) is 4.79 Å². The largest absolute Gasteiger partial charge is 0.490 e. The van der Waals surface area contributed by atoms with Crippen molar-refractivity contribution in [2.24, 2.45) is 0 Å². The Balaban J connectivity index is 2.31. The van der Waals surface area contributed by atoms with Crippen molar-refractivity contribution in [1.29, 1.82) is 5.26 Å². The fraction of sp³-hybridized carbons (Fsp3) is 0.200. The van der Waals surface area contributed by atoms with Crippen LogP contribution in [0.2, 0.25) is 0 Å². The molecule has 1 N–H and O–H groups in total. The first-order valence-corrected chi connectivity index (χ1v) is 9.84. The fourth-order valence-electron chi connectivity index (χ4n) is 2.27. The lowest BCUT2D eigenvalue weighted by molar-refractivity contribution is -0.112. The number of hydrogen-bond donors (Lipinski definition) is 1. The van der Waals surface area contributed by atoms with Crippen LogP contribution >= 0.6 is 31.9 Å². The maximum atomic E-state index is 12.4. The minimum absolute atomic E-state index is 0.0172. The highest BCUT2D eigenvalue weighted by molar-refractivity contribution is 9.10. The summed E-state index contributed by atoms with van der Waals surface area (Å²) in [5, 5.41) is 12.1. The molecule has 0 aliphatic carbocycles. The van der Waals surface area contributed by atoms with Crippen molar-refractivity contribution in [2.45, 2.75) is 13.8 Å². The molecule has 0 atom stereocenters. The lowest BCUT2D eigenvalue weighted by Gasteiger charge is -2.13. The van der Waals surface area contributed by atoms with E-state index in [0.29, 0.717) is 40.4 Å². The van der Waals surface area contributed by atoms with E-state index in [0.717, 1.165) is 4.47 Å². The summed E-state index contributed by atoms with van der Waals surface area (Å²) < 4.78 is 12.8. The molecular weight excluding hydrogens is 476 g/mol. The van der Waals surface area contributed by atoms with Crippen molar-refractivity contribution in [1.82, 2.24) is 0 Å². The third-order valence-electron chi connectivity index (χ3n) is 3.40. The summed E-state index contributed by atoms with van der Waals surface area (Å²) in [5.74, 6) is 0.655. The number of halogens is 2. The molecule has 0 spiro atoms. The maximum Gasteiger partial charge on any atom is 0.266 e. The van der Waals surface area contributed by atoms with Crippen LogP contribution in [0.4, 0.5) is 5.69 Å². The molecule has 5 nitrogen and oxygen atoms in total. The molecule has 0 saturated heterocycles. The lowest BCUT2D eigenvalue weighted by Crippen LogP contribution is -2.13. The van der Waals surface area contributed by atoms with Crippen LogP contribution in [-0.4, -0.2) is 19.1 Å². The summed E-state index contributed by atoms with van der Waals surface area (Å²) in [6.07, 6.45) is 1.51. The Morgan fingerprint density at radius 3 is 2.41 bits per heavy atom. The summed E-state index contributed by atoms with van der Waals surface area (Å²) >= 11 is 6.79. The highest BCUT2D eigenvalue weighted by Crippen LogP contribution is 2.37. The summed E-state index contributed by atoms with van der Waals surface area (Å²) in [7, 11) is 0. The van der Waals surface area contributed by atoms with Gasteiger partial charge in [0.15, 0.2) is 11.5 Å². The van der Waals surface area contributed by atoms with Gasteiger partial charge in [-0.1, -0.05) is 15.9 Å². The van der Waals surface area contributed by atoms with Gasteiger partial charge in [0.05, 0.1) is 17.7 Å². The van der Waals surface area contributed by atoms with Crippen LogP contribution in [0.5, 0.6) is 11.5 Å². The summed E-state index contributed by atoms with van der Waals surface area (Å²) in [4.78, 5) is 12.4. The zero-order valence-electron chi connectivity index (χ0n) is 14.9. The molecule has 2 aromatic carbocycles. The van der Waals surface area contributed by atoms with E-state index >= 15 is 0 Å². The SMILES string of the molecule is CCOc1cc(/C=C(/C#N)C(=O)Nc2ccc(Br)cc2)cc(Br)c1OCC. The predicted molar refractivity (Wildman–Crippen MR) is 113 cm³/mol. The van der Waals surface area contributed by atoms with Crippen LogP contribution in [0.15, 0.2) is 50.9 Å². The zero-order valence-corrected chi connectivity index (χ0v) is 18.1. The predicted octanol–water partition coefficient (Wildman–Crippen LogP) is 5.55. The minimum atomic E-state index is -0.484. The van der Waals surface area contributed by atoms with Crippen LogP contribution in [0.25, 0.3) is 6.08 Å². The molecule has 0 aliphatic heterocycles. The van der Waals surface area contributed by atoms with Gasteiger partial charge in [0, 0.05) is 10.2 Å². The van der Waals surface area contributed by atoms with Gasteiger partial charge >= 0.3 is 0 Å². The minimum Gasteiger partial charge on any atom is -0.490 e. The van der Waals surface area contributed by atoms with Crippen LogP contribution in [0, 0.1) is 11.3 Å². The average Bonchev–Trinajstić information content (AvgIpc) is 2.64. The molecular formula is C20H18Br2N2O3. The molecule has 0 heterocycles. The summed E-state index contributed by atoms with van der Waals surface area (Å²) in [6.45, 7) is 4.72. The Morgan fingerprint density at radius 2 is 1.81 bits per heavy atom. The summed E-state index contributed by atoms with van der Waals surface area (Å²) in [6, 6.07) is 12.6. The molecule has 0 radical (unpaired) electrons. The van der Waals surface area contributed by atoms with E-state index in [4.69, 9.17) is 9.47 Å². The second kappa shape index (κ2) is 10.1. The molecule has 0 aromatic heterocycles. The number of anilines is 1. The van der Waals surface area contributed by atoms with E-state index in [9.17, 15) is 10.1 Å². The first kappa shape index (κ1) is 21.0. The molecule has 2 aromatic rings. The van der Waals surface area contributed by atoms with Gasteiger partial charge in [-0.2, -0.15) is 5.26 Å². The van der Waals surface area contributed by atoms with Crippen molar-refractivity contribution in [3.63, 3.8) is 0 Å². The van der Waals surface area contributed by atoms with Crippen molar-refractivity contribution >= 4 is 49.5 Å². The number of nitrogens with zero attached hydrogens (tertiary/aromatic N) is 1. The Hall–Kier alpha value is -2.30. The molecule has 0 aliphatic rings. The second-order valence-electron chi connectivity index (χ2n) is 5.33. The van der Waals surface area contributed by atoms with Crippen molar-refractivity contribution in [2.75, 3.05) is 18.5 Å². The van der Waals surface area contributed by atoms with Crippen LogP contribution in [0.3, 0.4) is 0 Å². The number of rotatable bonds is 7. The topological polar surface area (TPSA) is 71.3 Å². The number of benzene rings is 2. The Labute approximate surface area is 175 Å². The van der Waals surface area contributed by atoms with Gasteiger partial charge < -0.3 is 14.8 Å². The summed E-state index contributed by atoms with van der Waals surface area (Å²) in [5.41, 5.74) is 1.24. The Morgan fingerprint density at radius 1 is 1.15 bits per heavy atom. The molecule has 7 heteroatoms. The van der Waals surface area contributed by atoms with Gasteiger partial charge in [0.25, 0.3) is 5.91 Å². The highest BCUT2D eigenvalue weighted by atomic mass is 79.9. The maximum absolute atomic E-state index is 12.4. The number of hydrogen-bond acceptors (Lipinski definition) is 4. The Bertz CT molecular complexity index is 887. The molecule has 140 valence electrons. The van der Waals surface area contributed by atoms with Crippen LogP contribution < -0.4 is 14.8 Å². The van der Waals surface area contributed by atoms with E-state index in [2.05, 4.69) is 37.2 Å². The molecule has 27 heavy (non-hydrogen) atoms. The molecule has 0 saturated carbocycles. The number of ether oxygens (including phenoxy) is 2. The quantitative estimate of drug-likeness (QED) is 0.405. The van der Waals surface area contributed by atoms with Crippen LogP contribution in [0.1, 0.15) is 19.4 Å². The van der Waals surface area contributed by atoms with Gasteiger partial charge in [-0.05, 0) is 77.8 Å². The normalized spacial score (nSPS) is 10.9. The average molecular weight is 494 g/mol. The third kappa shape index (κ3) is 5.84. The van der Waals surface area contributed by atoms with Crippen molar-refractivity contribution < 1.29 is 14.3 Å². The van der Waals surface area contributed by atoms with E-state index in [1.807, 2.05) is 32.0 Å². The van der Waals surface area contributed by atoms with E-state index in [1.165, 1.54) is 6.08 Å². The first-order valence-electron chi connectivity index (χ1n) is 8.26. The molecule has 1 amide bonds.